The smallest absolute Gasteiger partial charge is 0.229 e. The zero-order valence-electron chi connectivity index (χ0n) is 13.8. The van der Waals surface area contributed by atoms with Crippen molar-refractivity contribution in [2.45, 2.75) is 25.2 Å². The molecule has 0 bridgehead atoms. The van der Waals surface area contributed by atoms with Gasteiger partial charge in [0.25, 0.3) is 0 Å². The number of halogens is 1. The summed E-state index contributed by atoms with van der Waals surface area (Å²) in [5.74, 6) is -0.880. The van der Waals surface area contributed by atoms with E-state index < -0.39 is 0 Å². The molecule has 2 amide bonds. The number of rotatable bonds is 5. The van der Waals surface area contributed by atoms with Crippen molar-refractivity contribution in [2.24, 2.45) is 0 Å². The predicted octanol–water partition coefficient (Wildman–Crippen LogP) is 3.56. The van der Waals surface area contributed by atoms with Crippen molar-refractivity contribution in [1.82, 2.24) is 9.88 Å². The van der Waals surface area contributed by atoms with E-state index in [-0.39, 0.29) is 36.4 Å². The van der Waals surface area contributed by atoms with Gasteiger partial charge in [0.15, 0.2) is 0 Å². The second kappa shape index (κ2) is 7.38. The molecule has 2 heterocycles. The maximum absolute atomic E-state index is 13.0. The number of hydrogen-bond donors (Lipinski definition) is 0. The van der Waals surface area contributed by atoms with Crippen LogP contribution in [0, 0.1) is 5.82 Å². The molecule has 2 aromatic rings. The van der Waals surface area contributed by atoms with Gasteiger partial charge in [-0.3, -0.25) is 19.5 Å². The molecule has 0 atom stereocenters. The number of pyridine rings is 1. The molecule has 1 fully saturated rings. The fourth-order valence-corrected chi connectivity index (χ4v) is 3.05. The molecule has 128 valence electrons. The molecule has 0 unspecified atom stereocenters. The highest BCUT2D eigenvalue weighted by Gasteiger charge is 2.33. The van der Waals surface area contributed by atoms with E-state index in [1.165, 1.54) is 17.0 Å². The molecule has 0 spiro atoms. The third-order valence-electron chi connectivity index (χ3n) is 4.51. The van der Waals surface area contributed by atoms with Gasteiger partial charge >= 0.3 is 0 Å². The number of hydrogen-bond acceptors (Lipinski definition) is 3. The Hall–Kier alpha value is -2.82. The van der Waals surface area contributed by atoms with Crippen molar-refractivity contribution in [3.05, 3.63) is 72.3 Å². The quantitative estimate of drug-likeness (QED) is 0.783. The molecular weight excluding hydrogens is 319 g/mol. The lowest BCUT2D eigenvalue weighted by atomic mass is 9.88. The zero-order chi connectivity index (χ0) is 17.8. The maximum atomic E-state index is 13.0. The topological polar surface area (TPSA) is 50.3 Å². The van der Waals surface area contributed by atoms with Crippen molar-refractivity contribution in [1.29, 1.82) is 0 Å². The fourth-order valence-electron chi connectivity index (χ4n) is 3.05. The minimum absolute atomic E-state index is 0.180. The predicted molar refractivity (Wildman–Crippen MR) is 93.0 cm³/mol. The number of carbonyl (C=O) groups excluding carboxylic acids is 2. The van der Waals surface area contributed by atoms with Crippen LogP contribution < -0.4 is 0 Å². The van der Waals surface area contributed by atoms with Gasteiger partial charge in [0.1, 0.15) is 5.82 Å². The second-order valence-electron chi connectivity index (χ2n) is 6.19. The summed E-state index contributed by atoms with van der Waals surface area (Å²) in [4.78, 5) is 30.1. The summed E-state index contributed by atoms with van der Waals surface area (Å²) in [5.41, 5.74) is 2.64. The molecule has 1 aromatic carbocycles. The highest BCUT2D eigenvalue weighted by atomic mass is 19.1. The van der Waals surface area contributed by atoms with E-state index in [0.29, 0.717) is 13.0 Å². The molecule has 1 saturated heterocycles. The van der Waals surface area contributed by atoms with Gasteiger partial charge in [-0.1, -0.05) is 18.7 Å². The van der Waals surface area contributed by atoms with Crippen LogP contribution in [0.4, 0.5) is 4.39 Å². The van der Waals surface area contributed by atoms with Gasteiger partial charge < -0.3 is 0 Å². The van der Waals surface area contributed by atoms with Gasteiger partial charge in [0.05, 0.1) is 0 Å². The number of carbonyl (C=O) groups is 2. The number of amides is 2. The molecule has 0 aliphatic carbocycles. The summed E-state index contributed by atoms with van der Waals surface area (Å²) in [6, 6.07) is 9.70. The van der Waals surface area contributed by atoms with Crippen LogP contribution in [0.25, 0.3) is 5.57 Å². The SMILES string of the molecule is C=C(CCN1C(=O)CC(c2ccc(F)cc2)CC1=O)c1ccncc1. The molecular formula is C20H19FN2O2. The number of aromatic nitrogens is 1. The Bertz CT molecular complexity index is 769. The Labute approximate surface area is 146 Å². The molecule has 0 saturated carbocycles. The van der Waals surface area contributed by atoms with Crippen LogP contribution in [0.5, 0.6) is 0 Å². The van der Waals surface area contributed by atoms with E-state index >= 15 is 0 Å². The molecule has 3 rings (SSSR count). The Balaban J connectivity index is 1.61. The molecule has 1 aliphatic heterocycles. The van der Waals surface area contributed by atoms with E-state index in [2.05, 4.69) is 11.6 Å². The first-order valence-electron chi connectivity index (χ1n) is 8.21. The minimum Gasteiger partial charge on any atom is -0.282 e. The highest BCUT2D eigenvalue weighted by Crippen LogP contribution is 2.30. The van der Waals surface area contributed by atoms with E-state index in [1.807, 2.05) is 12.1 Å². The van der Waals surface area contributed by atoms with Gasteiger partial charge in [-0.25, -0.2) is 4.39 Å². The maximum Gasteiger partial charge on any atom is 0.229 e. The van der Waals surface area contributed by atoms with Crippen LogP contribution in [0.1, 0.15) is 36.3 Å². The van der Waals surface area contributed by atoms with E-state index in [4.69, 9.17) is 0 Å². The minimum atomic E-state index is -0.325. The van der Waals surface area contributed by atoms with Crippen LogP contribution in [0.15, 0.2) is 55.4 Å². The lowest BCUT2D eigenvalue weighted by Crippen LogP contribution is -2.43. The Morgan fingerprint density at radius 3 is 2.28 bits per heavy atom. The first kappa shape index (κ1) is 17.0. The Morgan fingerprint density at radius 2 is 1.68 bits per heavy atom. The summed E-state index contributed by atoms with van der Waals surface area (Å²) < 4.78 is 13.0. The monoisotopic (exact) mass is 338 g/mol. The Kier molecular flexibility index (Phi) is 5.03. The van der Waals surface area contributed by atoms with Crippen molar-refractivity contribution >= 4 is 17.4 Å². The second-order valence-corrected chi connectivity index (χ2v) is 6.19. The van der Waals surface area contributed by atoms with Gasteiger partial charge in [-0.2, -0.15) is 0 Å². The van der Waals surface area contributed by atoms with Crippen LogP contribution >= 0.6 is 0 Å². The van der Waals surface area contributed by atoms with Crippen LogP contribution in [-0.2, 0) is 9.59 Å². The van der Waals surface area contributed by atoms with Gasteiger partial charge in [-0.05, 0) is 47.4 Å². The molecule has 1 aromatic heterocycles. The lowest BCUT2D eigenvalue weighted by Gasteiger charge is -2.30. The zero-order valence-corrected chi connectivity index (χ0v) is 13.8. The van der Waals surface area contributed by atoms with Crippen molar-refractivity contribution in [3.63, 3.8) is 0 Å². The molecule has 1 aliphatic rings. The number of piperidine rings is 1. The molecule has 4 nitrogen and oxygen atoms in total. The lowest BCUT2D eigenvalue weighted by molar-refractivity contribution is -0.148. The Morgan fingerprint density at radius 1 is 1.08 bits per heavy atom. The number of imide groups is 1. The molecule has 25 heavy (non-hydrogen) atoms. The summed E-state index contributed by atoms with van der Waals surface area (Å²) in [6.45, 7) is 4.35. The fraction of sp³-hybridized carbons (Fsp3) is 0.250. The normalized spacial score (nSPS) is 15.5. The van der Waals surface area contributed by atoms with Gasteiger partial charge in [0.2, 0.25) is 11.8 Å². The van der Waals surface area contributed by atoms with Crippen molar-refractivity contribution < 1.29 is 14.0 Å². The largest absolute Gasteiger partial charge is 0.282 e. The third-order valence-corrected chi connectivity index (χ3v) is 4.51. The first-order chi connectivity index (χ1) is 12.0. The first-order valence-corrected chi connectivity index (χ1v) is 8.21. The summed E-state index contributed by atoms with van der Waals surface area (Å²) in [6.07, 6.45) is 4.43. The van der Waals surface area contributed by atoms with Crippen molar-refractivity contribution in [3.8, 4) is 0 Å². The third kappa shape index (κ3) is 3.99. The van der Waals surface area contributed by atoms with Crippen LogP contribution in [0.3, 0.4) is 0 Å². The van der Waals surface area contributed by atoms with Crippen LogP contribution in [0.2, 0.25) is 0 Å². The average molecular weight is 338 g/mol. The number of benzene rings is 1. The molecule has 0 N–H and O–H groups in total. The highest BCUT2D eigenvalue weighted by molar-refractivity contribution is 5.98. The van der Waals surface area contributed by atoms with Gasteiger partial charge in [-0.15, -0.1) is 0 Å². The number of nitrogens with zero attached hydrogens (tertiary/aromatic N) is 2. The standard InChI is InChI=1S/C20H19FN2O2/c1-14(15-6-9-22-10-7-15)8-11-23-19(24)12-17(13-20(23)25)16-2-4-18(21)5-3-16/h2-7,9-10,17H,1,8,11-13H2. The van der Waals surface area contributed by atoms with Crippen LogP contribution in [-0.4, -0.2) is 28.2 Å². The molecule has 0 radical (unpaired) electrons. The van der Waals surface area contributed by atoms with E-state index in [1.54, 1.807) is 24.5 Å². The van der Waals surface area contributed by atoms with E-state index in [9.17, 15) is 14.0 Å². The summed E-state index contributed by atoms with van der Waals surface area (Å²) in [5, 5.41) is 0. The van der Waals surface area contributed by atoms with E-state index in [0.717, 1.165) is 16.7 Å². The van der Waals surface area contributed by atoms with Crippen molar-refractivity contribution in [2.75, 3.05) is 6.54 Å². The summed E-state index contributed by atoms with van der Waals surface area (Å²) >= 11 is 0. The van der Waals surface area contributed by atoms with Gasteiger partial charge in [0, 0.05) is 37.7 Å². The molecule has 5 heteroatoms. The number of likely N-dealkylation sites (tertiary alicyclic amines) is 1. The summed E-state index contributed by atoms with van der Waals surface area (Å²) in [7, 11) is 0. The average Bonchev–Trinajstić information content (AvgIpc) is 2.62.